The number of carboxylic acid groups (broad SMARTS) is 1. The van der Waals surface area contributed by atoms with Crippen LogP contribution in [-0.2, 0) is 13.2 Å². The van der Waals surface area contributed by atoms with Gasteiger partial charge in [0, 0.05) is 28.0 Å². The van der Waals surface area contributed by atoms with Crippen LogP contribution in [0.2, 0.25) is 10.0 Å². The molecule has 0 radical (unpaired) electrons. The van der Waals surface area contributed by atoms with Crippen LogP contribution in [-0.4, -0.2) is 15.6 Å². The summed E-state index contributed by atoms with van der Waals surface area (Å²) in [6, 6.07) is 10.9. The molecular formula is C20H16Cl2FNO3. The van der Waals surface area contributed by atoms with E-state index in [1.807, 2.05) is 11.5 Å². The molecule has 0 saturated heterocycles. The van der Waals surface area contributed by atoms with Gasteiger partial charge >= 0.3 is 5.97 Å². The summed E-state index contributed by atoms with van der Waals surface area (Å²) in [4.78, 5) is 11.2. The molecule has 1 N–H and O–H groups in total. The SMILES string of the molecule is Cc1cc(C(=O)O)cn1Cc1cc(Cl)ccc1OCc1ccc(F)cc1Cl. The molecule has 0 unspecified atom stereocenters. The van der Waals surface area contributed by atoms with Crippen LogP contribution in [0.25, 0.3) is 0 Å². The fourth-order valence-electron chi connectivity index (χ4n) is 2.69. The van der Waals surface area contributed by atoms with Crippen molar-refractivity contribution in [1.82, 2.24) is 4.57 Å². The average molecular weight is 408 g/mol. The Bertz CT molecular complexity index is 1000. The van der Waals surface area contributed by atoms with Gasteiger partial charge in [-0.25, -0.2) is 9.18 Å². The van der Waals surface area contributed by atoms with Crippen LogP contribution in [0.4, 0.5) is 4.39 Å². The lowest BCUT2D eigenvalue weighted by Crippen LogP contribution is -2.05. The van der Waals surface area contributed by atoms with Gasteiger partial charge in [0.05, 0.1) is 17.1 Å². The van der Waals surface area contributed by atoms with E-state index in [1.54, 1.807) is 36.5 Å². The lowest BCUT2D eigenvalue weighted by Gasteiger charge is -2.14. The van der Waals surface area contributed by atoms with E-state index in [0.717, 1.165) is 11.3 Å². The van der Waals surface area contributed by atoms with Crippen LogP contribution in [0, 0.1) is 12.7 Å². The smallest absolute Gasteiger partial charge is 0.337 e. The van der Waals surface area contributed by atoms with Gasteiger partial charge in [-0.05, 0) is 43.3 Å². The third-order valence-corrected chi connectivity index (χ3v) is 4.71. The third kappa shape index (κ3) is 4.62. The van der Waals surface area contributed by atoms with E-state index < -0.39 is 11.8 Å². The molecule has 2 aromatic carbocycles. The highest BCUT2D eigenvalue weighted by molar-refractivity contribution is 6.31. The summed E-state index contributed by atoms with van der Waals surface area (Å²) in [5.74, 6) is -0.802. The normalized spacial score (nSPS) is 10.8. The minimum Gasteiger partial charge on any atom is -0.488 e. The number of nitrogens with zero attached hydrogens (tertiary/aromatic N) is 1. The van der Waals surface area contributed by atoms with E-state index in [2.05, 4.69) is 0 Å². The number of ether oxygens (including phenoxy) is 1. The maximum absolute atomic E-state index is 13.2. The Morgan fingerprint density at radius 3 is 2.59 bits per heavy atom. The van der Waals surface area contributed by atoms with Crippen LogP contribution in [0.1, 0.15) is 27.2 Å². The topological polar surface area (TPSA) is 51.5 Å². The second kappa shape index (κ2) is 8.03. The van der Waals surface area contributed by atoms with E-state index >= 15 is 0 Å². The number of hydrogen-bond donors (Lipinski definition) is 1. The molecule has 3 aromatic rings. The third-order valence-electron chi connectivity index (χ3n) is 4.12. The first-order valence-corrected chi connectivity index (χ1v) is 8.84. The van der Waals surface area contributed by atoms with E-state index in [4.69, 9.17) is 33.0 Å². The predicted octanol–water partition coefficient (Wildman–Crippen LogP) is 5.57. The summed E-state index contributed by atoms with van der Waals surface area (Å²) in [6.45, 7) is 2.39. The van der Waals surface area contributed by atoms with Crippen molar-refractivity contribution in [3.05, 3.63) is 86.9 Å². The largest absolute Gasteiger partial charge is 0.488 e. The van der Waals surface area contributed by atoms with Gasteiger partial charge in [-0.15, -0.1) is 0 Å². The number of aromatic nitrogens is 1. The van der Waals surface area contributed by atoms with Gasteiger partial charge in [0.1, 0.15) is 18.2 Å². The maximum atomic E-state index is 13.2. The van der Waals surface area contributed by atoms with E-state index in [0.29, 0.717) is 22.9 Å². The monoisotopic (exact) mass is 407 g/mol. The fraction of sp³-hybridized carbons (Fsp3) is 0.150. The summed E-state index contributed by atoms with van der Waals surface area (Å²) in [7, 11) is 0. The van der Waals surface area contributed by atoms with Gasteiger partial charge in [0.15, 0.2) is 0 Å². The summed E-state index contributed by atoms with van der Waals surface area (Å²) < 4.78 is 20.9. The first-order valence-electron chi connectivity index (χ1n) is 8.08. The molecule has 1 heterocycles. The molecular weight excluding hydrogens is 392 g/mol. The number of carbonyl (C=O) groups is 1. The minimum atomic E-state index is -0.981. The number of aryl methyl sites for hydroxylation is 1. The minimum absolute atomic E-state index is 0.165. The molecule has 4 nitrogen and oxygen atoms in total. The van der Waals surface area contributed by atoms with Gasteiger partial charge < -0.3 is 14.4 Å². The van der Waals surface area contributed by atoms with Crippen LogP contribution in [0.5, 0.6) is 5.75 Å². The molecule has 0 amide bonds. The quantitative estimate of drug-likeness (QED) is 0.581. The molecule has 140 valence electrons. The second-order valence-corrected chi connectivity index (χ2v) is 6.92. The molecule has 3 rings (SSSR count). The van der Waals surface area contributed by atoms with E-state index in [-0.39, 0.29) is 17.2 Å². The number of hydrogen-bond acceptors (Lipinski definition) is 2. The molecule has 0 aliphatic rings. The van der Waals surface area contributed by atoms with Crippen molar-refractivity contribution in [1.29, 1.82) is 0 Å². The Labute approximate surface area is 165 Å². The number of aromatic carboxylic acids is 1. The van der Waals surface area contributed by atoms with Crippen LogP contribution < -0.4 is 4.74 Å². The summed E-state index contributed by atoms with van der Waals surface area (Å²) >= 11 is 12.2. The number of halogens is 3. The molecule has 0 aliphatic heterocycles. The van der Waals surface area contributed by atoms with Crippen molar-refractivity contribution in [3.8, 4) is 5.75 Å². The van der Waals surface area contributed by atoms with E-state index in [1.165, 1.54) is 12.1 Å². The Hall–Kier alpha value is -2.50. The summed E-state index contributed by atoms with van der Waals surface area (Å²) in [5, 5.41) is 9.98. The van der Waals surface area contributed by atoms with Gasteiger partial charge in [-0.1, -0.05) is 29.3 Å². The zero-order valence-electron chi connectivity index (χ0n) is 14.4. The number of rotatable bonds is 6. The standard InChI is InChI=1S/C20H16Cl2FNO3/c1-12-6-15(20(25)26)10-24(12)9-14-7-16(21)3-5-19(14)27-11-13-2-4-17(23)8-18(13)22/h2-8,10H,9,11H2,1H3,(H,25,26). The van der Waals surface area contributed by atoms with Gasteiger partial charge in [0.2, 0.25) is 0 Å². The highest BCUT2D eigenvalue weighted by atomic mass is 35.5. The van der Waals surface area contributed by atoms with Crippen molar-refractivity contribution in [2.75, 3.05) is 0 Å². The molecule has 0 saturated carbocycles. The average Bonchev–Trinajstić information content (AvgIpc) is 2.97. The van der Waals surface area contributed by atoms with Crippen molar-refractivity contribution < 1.29 is 19.0 Å². The second-order valence-electron chi connectivity index (χ2n) is 6.08. The van der Waals surface area contributed by atoms with E-state index in [9.17, 15) is 9.18 Å². The first-order chi connectivity index (χ1) is 12.8. The molecule has 1 aromatic heterocycles. The highest BCUT2D eigenvalue weighted by Gasteiger charge is 2.12. The predicted molar refractivity (Wildman–Crippen MR) is 102 cm³/mol. The van der Waals surface area contributed by atoms with Crippen molar-refractivity contribution >= 4 is 29.2 Å². The zero-order chi connectivity index (χ0) is 19.6. The van der Waals surface area contributed by atoms with Crippen LogP contribution in [0.3, 0.4) is 0 Å². The zero-order valence-corrected chi connectivity index (χ0v) is 15.9. The number of carboxylic acids is 1. The lowest BCUT2D eigenvalue weighted by molar-refractivity contribution is 0.0697. The molecule has 27 heavy (non-hydrogen) atoms. The lowest BCUT2D eigenvalue weighted by atomic mass is 10.2. The highest BCUT2D eigenvalue weighted by Crippen LogP contribution is 2.27. The molecule has 0 atom stereocenters. The van der Waals surface area contributed by atoms with Crippen LogP contribution in [0.15, 0.2) is 48.7 Å². The molecule has 0 fully saturated rings. The van der Waals surface area contributed by atoms with Crippen molar-refractivity contribution in [2.24, 2.45) is 0 Å². The molecule has 0 aliphatic carbocycles. The Kier molecular flexibility index (Phi) is 5.73. The van der Waals surface area contributed by atoms with Crippen LogP contribution >= 0.6 is 23.2 Å². The maximum Gasteiger partial charge on any atom is 0.337 e. The fourth-order valence-corrected chi connectivity index (χ4v) is 3.11. The van der Waals surface area contributed by atoms with Crippen molar-refractivity contribution in [2.45, 2.75) is 20.1 Å². The summed E-state index contributed by atoms with van der Waals surface area (Å²) in [6.07, 6.45) is 1.57. The Morgan fingerprint density at radius 1 is 1.15 bits per heavy atom. The van der Waals surface area contributed by atoms with Crippen molar-refractivity contribution in [3.63, 3.8) is 0 Å². The molecule has 7 heteroatoms. The van der Waals surface area contributed by atoms with Gasteiger partial charge in [-0.2, -0.15) is 0 Å². The van der Waals surface area contributed by atoms with Gasteiger partial charge in [-0.3, -0.25) is 0 Å². The molecule has 0 bridgehead atoms. The van der Waals surface area contributed by atoms with Gasteiger partial charge in [0.25, 0.3) is 0 Å². The number of benzene rings is 2. The molecule has 0 spiro atoms. The Balaban J connectivity index is 1.84. The summed E-state index contributed by atoms with van der Waals surface area (Å²) in [5.41, 5.74) is 2.47. The Morgan fingerprint density at radius 2 is 1.93 bits per heavy atom. The first kappa shape index (κ1) is 19.3.